The van der Waals surface area contributed by atoms with E-state index in [-0.39, 0.29) is 16.7 Å². The summed E-state index contributed by atoms with van der Waals surface area (Å²) in [4.78, 5) is 26.9. The van der Waals surface area contributed by atoms with E-state index in [1.54, 1.807) is 12.1 Å². The predicted molar refractivity (Wildman–Crippen MR) is 88.4 cm³/mol. The van der Waals surface area contributed by atoms with Crippen LogP contribution in [0.3, 0.4) is 0 Å². The molecule has 0 spiro atoms. The fraction of sp³-hybridized carbons (Fsp3) is 0.0667. The Morgan fingerprint density at radius 1 is 1.30 bits per heavy atom. The Morgan fingerprint density at radius 3 is 2.70 bits per heavy atom. The summed E-state index contributed by atoms with van der Waals surface area (Å²) in [5.41, 5.74) is 0.441. The van der Waals surface area contributed by atoms with Crippen LogP contribution in [0.15, 0.2) is 36.5 Å². The van der Waals surface area contributed by atoms with Gasteiger partial charge < -0.3 is 15.2 Å². The summed E-state index contributed by atoms with van der Waals surface area (Å²) in [7, 11) is 0. The zero-order chi connectivity index (χ0) is 19.4. The molecule has 3 rings (SSSR count). The Kier molecular flexibility index (Phi) is 5.22. The molecule has 10 nitrogen and oxygen atoms in total. The highest BCUT2D eigenvalue weighted by atomic mass is 35.5. The minimum atomic E-state index is -1.20. The molecule has 1 amide bonds. The Labute approximate surface area is 155 Å². The van der Waals surface area contributed by atoms with Gasteiger partial charge in [-0.2, -0.15) is 0 Å². The molecule has 2 N–H and O–H groups in total. The Morgan fingerprint density at radius 2 is 2.04 bits per heavy atom. The largest absolute Gasteiger partial charge is 0.480 e. The number of aromatic nitrogens is 5. The first-order valence-corrected chi connectivity index (χ1v) is 7.69. The lowest BCUT2D eigenvalue weighted by atomic mass is 10.3. The van der Waals surface area contributed by atoms with Gasteiger partial charge in [-0.1, -0.05) is 11.6 Å². The number of nitrogens with one attached hydrogen (secondary N) is 1. The molecule has 0 saturated heterocycles. The highest BCUT2D eigenvalue weighted by molar-refractivity contribution is 6.30. The number of tetrazole rings is 1. The van der Waals surface area contributed by atoms with Crippen molar-refractivity contribution >= 4 is 23.5 Å². The summed E-state index contributed by atoms with van der Waals surface area (Å²) < 4.78 is 19.0. The number of carboxylic acids is 1. The van der Waals surface area contributed by atoms with Gasteiger partial charge in [-0.05, 0) is 35.5 Å². The maximum Gasteiger partial charge on any atom is 0.322 e. The van der Waals surface area contributed by atoms with Crippen molar-refractivity contribution in [1.82, 2.24) is 30.5 Å². The van der Waals surface area contributed by atoms with Crippen LogP contribution >= 0.6 is 11.6 Å². The van der Waals surface area contributed by atoms with Crippen molar-refractivity contribution < 1.29 is 23.8 Å². The standard InChI is InChI=1S/C15H10ClFN6O4/c16-8-5-11(17)15(19-6-8)27-10-3-1-9(2-4-10)23-21-13(20-22-23)14(26)18-7-12(24)25/h1-6H,7H2,(H,18,26)(H,24,25). The van der Waals surface area contributed by atoms with Gasteiger partial charge >= 0.3 is 5.97 Å². The maximum absolute atomic E-state index is 13.7. The first-order chi connectivity index (χ1) is 12.9. The van der Waals surface area contributed by atoms with Gasteiger partial charge in [0, 0.05) is 6.20 Å². The maximum atomic E-state index is 13.7. The number of carboxylic acid groups (broad SMARTS) is 1. The van der Waals surface area contributed by atoms with Crippen LogP contribution in [0.25, 0.3) is 5.69 Å². The van der Waals surface area contributed by atoms with Gasteiger partial charge in [0.15, 0.2) is 5.82 Å². The third-order valence-electron chi connectivity index (χ3n) is 3.07. The minimum Gasteiger partial charge on any atom is -0.480 e. The van der Waals surface area contributed by atoms with E-state index >= 15 is 0 Å². The average molecular weight is 393 g/mol. The molecule has 3 aromatic rings. The second kappa shape index (κ2) is 7.74. The Hall–Kier alpha value is -3.60. The lowest BCUT2D eigenvalue weighted by Gasteiger charge is -2.06. The smallest absolute Gasteiger partial charge is 0.322 e. The quantitative estimate of drug-likeness (QED) is 0.644. The summed E-state index contributed by atoms with van der Waals surface area (Å²) in [6, 6.07) is 7.19. The number of benzene rings is 1. The molecule has 0 aliphatic carbocycles. The Balaban J connectivity index is 1.70. The van der Waals surface area contributed by atoms with E-state index in [9.17, 15) is 14.0 Å². The molecule has 0 atom stereocenters. The van der Waals surface area contributed by atoms with E-state index in [0.29, 0.717) is 11.4 Å². The van der Waals surface area contributed by atoms with E-state index in [1.807, 2.05) is 0 Å². The summed E-state index contributed by atoms with van der Waals surface area (Å²) in [6.07, 6.45) is 1.25. The van der Waals surface area contributed by atoms with Gasteiger partial charge in [0.05, 0.1) is 10.7 Å². The number of nitrogens with zero attached hydrogens (tertiary/aromatic N) is 5. The van der Waals surface area contributed by atoms with Crippen LogP contribution in [-0.2, 0) is 4.79 Å². The van der Waals surface area contributed by atoms with Crippen molar-refractivity contribution in [2.75, 3.05) is 6.54 Å². The fourth-order valence-electron chi connectivity index (χ4n) is 1.89. The van der Waals surface area contributed by atoms with E-state index in [1.165, 1.54) is 18.3 Å². The number of hydrogen-bond acceptors (Lipinski definition) is 7. The SMILES string of the molecule is O=C(O)CNC(=O)c1nnn(-c2ccc(Oc3ncc(Cl)cc3F)cc2)n1. The van der Waals surface area contributed by atoms with Crippen LogP contribution in [0, 0.1) is 5.82 Å². The zero-order valence-electron chi connectivity index (χ0n) is 13.3. The summed E-state index contributed by atoms with van der Waals surface area (Å²) in [5.74, 6) is -2.90. The molecule has 2 aromatic heterocycles. The molecule has 0 unspecified atom stereocenters. The van der Waals surface area contributed by atoms with Crippen molar-refractivity contribution in [2.45, 2.75) is 0 Å². The molecule has 0 bridgehead atoms. The molecule has 0 fully saturated rings. The number of carbonyl (C=O) groups is 2. The first-order valence-electron chi connectivity index (χ1n) is 7.32. The van der Waals surface area contributed by atoms with Crippen molar-refractivity contribution in [1.29, 1.82) is 0 Å². The minimum absolute atomic E-state index is 0.149. The number of ether oxygens (including phenoxy) is 1. The van der Waals surface area contributed by atoms with Crippen LogP contribution in [-0.4, -0.2) is 48.7 Å². The van der Waals surface area contributed by atoms with Crippen LogP contribution in [0.1, 0.15) is 10.6 Å². The van der Waals surface area contributed by atoms with Crippen molar-refractivity contribution in [3.8, 4) is 17.3 Å². The van der Waals surface area contributed by atoms with Crippen LogP contribution < -0.4 is 10.1 Å². The van der Waals surface area contributed by atoms with Gasteiger partial charge in [-0.3, -0.25) is 9.59 Å². The molecule has 0 radical (unpaired) electrons. The molecular formula is C15H10ClFN6O4. The molecule has 12 heteroatoms. The monoisotopic (exact) mass is 392 g/mol. The predicted octanol–water partition coefficient (Wildman–Crippen LogP) is 1.46. The number of amides is 1. The molecule has 0 aliphatic rings. The fourth-order valence-corrected chi connectivity index (χ4v) is 2.03. The molecular weight excluding hydrogens is 383 g/mol. The number of hydrogen-bond donors (Lipinski definition) is 2. The molecule has 1 aromatic carbocycles. The second-order valence-corrected chi connectivity index (χ2v) is 5.45. The van der Waals surface area contributed by atoms with Crippen molar-refractivity contribution in [3.63, 3.8) is 0 Å². The molecule has 0 saturated carbocycles. The van der Waals surface area contributed by atoms with Crippen LogP contribution in [0.2, 0.25) is 5.02 Å². The number of pyridine rings is 1. The highest BCUT2D eigenvalue weighted by Gasteiger charge is 2.14. The van der Waals surface area contributed by atoms with Gasteiger partial charge in [0.25, 0.3) is 17.6 Å². The van der Waals surface area contributed by atoms with Gasteiger partial charge in [-0.15, -0.1) is 15.0 Å². The third-order valence-corrected chi connectivity index (χ3v) is 3.28. The topological polar surface area (TPSA) is 132 Å². The van der Waals surface area contributed by atoms with Crippen molar-refractivity contribution in [3.05, 3.63) is 53.2 Å². The van der Waals surface area contributed by atoms with Gasteiger partial charge in [-0.25, -0.2) is 9.37 Å². The summed E-state index contributed by atoms with van der Waals surface area (Å²) >= 11 is 5.63. The summed E-state index contributed by atoms with van der Waals surface area (Å²) in [6.45, 7) is -0.561. The van der Waals surface area contributed by atoms with E-state index in [2.05, 4.69) is 25.7 Å². The summed E-state index contributed by atoms with van der Waals surface area (Å²) in [5, 5.41) is 21.9. The van der Waals surface area contributed by atoms with Crippen LogP contribution in [0.4, 0.5) is 4.39 Å². The molecule has 0 aliphatic heterocycles. The lowest BCUT2D eigenvalue weighted by Crippen LogP contribution is -2.30. The molecule has 27 heavy (non-hydrogen) atoms. The van der Waals surface area contributed by atoms with E-state index < -0.39 is 24.2 Å². The van der Waals surface area contributed by atoms with Gasteiger partial charge in [0.1, 0.15) is 12.3 Å². The normalized spacial score (nSPS) is 10.4. The number of halogens is 2. The zero-order valence-corrected chi connectivity index (χ0v) is 14.1. The number of carbonyl (C=O) groups excluding carboxylic acids is 1. The number of aliphatic carboxylic acids is 1. The van der Waals surface area contributed by atoms with E-state index in [0.717, 1.165) is 10.9 Å². The van der Waals surface area contributed by atoms with Crippen LogP contribution in [0.5, 0.6) is 11.6 Å². The number of rotatable bonds is 6. The van der Waals surface area contributed by atoms with Gasteiger partial charge in [0.2, 0.25) is 0 Å². The molecule has 138 valence electrons. The van der Waals surface area contributed by atoms with E-state index in [4.69, 9.17) is 21.4 Å². The van der Waals surface area contributed by atoms with Crippen molar-refractivity contribution in [2.24, 2.45) is 0 Å². The average Bonchev–Trinajstić information content (AvgIpc) is 3.13. The first kappa shape index (κ1) is 18.2. The third kappa shape index (κ3) is 4.52. The lowest BCUT2D eigenvalue weighted by molar-refractivity contribution is -0.135. The second-order valence-electron chi connectivity index (χ2n) is 5.02. The molecule has 2 heterocycles. The highest BCUT2D eigenvalue weighted by Crippen LogP contribution is 2.24. The Bertz CT molecular complexity index is 994.